The van der Waals surface area contributed by atoms with E-state index in [0.717, 1.165) is 24.3 Å². The van der Waals surface area contributed by atoms with Crippen molar-refractivity contribution in [2.75, 3.05) is 13.1 Å². The van der Waals surface area contributed by atoms with Crippen molar-refractivity contribution in [1.29, 1.82) is 0 Å². The Morgan fingerprint density at radius 2 is 2.45 bits per heavy atom. The van der Waals surface area contributed by atoms with Crippen LogP contribution in [0.3, 0.4) is 0 Å². The molecule has 1 atom stereocenters. The molecule has 1 heterocycles. The third-order valence-corrected chi connectivity index (χ3v) is 1.87. The van der Waals surface area contributed by atoms with Crippen molar-refractivity contribution in [2.24, 2.45) is 5.92 Å². The molecule has 11 heavy (non-hydrogen) atoms. The van der Waals surface area contributed by atoms with Gasteiger partial charge in [-0.15, -0.1) is 5.92 Å². The second-order valence-electron chi connectivity index (χ2n) is 2.90. The van der Waals surface area contributed by atoms with Crippen LogP contribution < -0.4 is 0 Å². The lowest BCUT2D eigenvalue weighted by molar-refractivity contribution is 0.272. The van der Waals surface area contributed by atoms with Gasteiger partial charge in [0.05, 0.1) is 0 Å². The first-order valence-electron chi connectivity index (χ1n) is 4.23. The molecule has 0 aromatic heterocycles. The average Bonchev–Trinajstić information content (AvgIpc) is 2.01. The van der Waals surface area contributed by atoms with Gasteiger partial charge in [-0.2, -0.15) is 0 Å². The van der Waals surface area contributed by atoms with Crippen LogP contribution in [0.5, 0.6) is 0 Å². The van der Waals surface area contributed by atoms with Gasteiger partial charge in [0, 0.05) is 12.3 Å². The normalized spacial score (nSPS) is 25.8. The van der Waals surface area contributed by atoms with Gasteiger partial charge in [-0.1, -0.05) is 12.8 Å². The zero-order valence-electron chi connectivity index (χ0n) is 6.97. The molecule has 0 bridgehead atoms. The van der Waals surface area contributed by atoms with Gasteiger partial charge in [0.25, 0.3) is 0 Å². The summed E-state index contributed by atoms with van der Waals surface area (Å²) in [4.78, 5) is 0. The second-order valence-corrected chi connectivity index (χ2v) is 2.90. The smallest absolute Gasteiger partial charge is 0.0321 e. The molecule has 0 aromatic carbocycles. The zero-order chi connectivity index (χ0) is 8.10. The van der Waals surface area contributed by atoms with Gasteiger partial charge in [-0.05, 0) is 25.9 Å². The number of nitrogens with zero attached hydrogens (tertiary/aromatic N) is 1. The van der Waals surface area contributed by atoms with E-state index in [4.69, 9.17) is 0 Å². The van der Waals surface area contributed by atoms with Crippen molar-refractivity contribution in [3.05, 3.63) is 5.21 Å². The second kappa shape index (κ2) is 4.38. The Morgan fingerprint density at radius 3 is 3.09 bits per heavy atom. The van der Waals surface area contributed by atoms with Crippen molar-refractivity contribution in [1.82, 2.24) is 5.06 Å². The molecule has 0 amide bonds. The summed E-state index contributed by atoms with van der Waals surface area (Å²) in [6.45, 7) is 3.35. The number of hydrogen-bond acceptors (Lipinski definition) is 2. The minimum Gasteiger partial charge on any atom is -0.785 e. The highest BCUT2D eigenvalue weighted by Gasteiger charge is 2.10. The maximum atomic E-state index is 10.9. The molecule has 1 aliphatic heterocycles. The van der Waals surface area contributed by atoms with Crippen LogP contribution in [0.25, 0.3) is 0 Å². The number of hydroxylamine groups is 2. The van der Waals surface area contributed by atoms with Crippen molar-refractivity contribution >= 4 is 0 Å². The third-order valence-electron chi connectivity index (χ3n) is 1.87. The molecule has 1 rings (SSSR count). The molecule has 0 N–H and O–H groups in total. The summed E-state index contributed by atoms with van der Waals surface area (Å²) in [5.74, 6) is 6.47. The Kier molecular flexibility index (Phi) is 3.41. The average molecular weight is 152 g/mol. The van der Waals surface area contributed by atoms with Gasteiger partial charge in [-0.3, -0.25) is 0 Å². The molecular formula is C9H14NO-. The number of piperidine rings is 1. The monoisotopic (exact) mass is 152 g/mol. The van der Waals surface area contributed by atoms with Crippen LogP contribution in [0.2, 0.25) is 0 Å². The number of hydrogen-bond donors (Lipinski definition) is 0. The first kappa shape index (κ1) is 8.58. The SMILES string of the molecule is CCC#CC1CCCN([O-])C1. The van der Waals surface area contributed by atoms with E-state index in [2.05, 4.69) is 11.8 Å². The largest absolute Gasteiger partial charge is 0.785 e. The molecule has 1 fully saturated rings. The lowest BCUT2D eigenvalue weighted by atomic mass is 10.00. The van der Waals surface area contributed by atoms with E-state index >= 15 is 0 Å². The van der Waals surface area contributed by atoms with Crippen molar-refractivity contribution in [3.8, 4) is 11.8 Å². The molecule has 1 aliphatic rings. The Labute approximate surface area is 68.2 Å². The molecule has 2 heteroatoms. The fraction of sp³-hybridized carbons (Fsp3) is 0.778. The van der Waals surface area contributed by atoms with E-state index in [1.807, 2.05) is 6.92 Å². The minimum atomic E-state index is 0.334. The van der Waals surface area contributed by atoms with Crippen LogP contribution in [0.1, 0.15) is 26.2 Å². The molecular weight excluding hydrogens is 138 g/mol. The Hall–Kier alpha value is -0.520. The van der Waals surface area contributed by atoms with Crippen molar-refractivity contribution in [3.63, 3.8) is 0 Å². The highest BCUT2D eigenvalue weighted by Crippen LogP contribution is 2.13. The van der Waals surface area contributed by atoms with E-state index in [1.54, 1.807) is 0 Å². The molecule has 0 radical (unpaired) electrons. The molecule has 0 aliphatic carbocycles. The fourth-order valence-corrected chi connectivity index (χ4v) is 1.31. The van der Waals surface area contributed by atoms with E-state index in [0.29, 0.717) is 19.0 Å². The quantitative estimate of drug-likeness (QED) is 0.493. The van der Waals surface area contributed by atoms with E-state index in [1.165, 1.54) is 0 Å². The zero-order valence-corrected chi connectivity index (χ0v) is 6.97. The predicted octanol–water partition coefficient (Wildman–Crippen LogP) is 1.61. The molecule has 0 saturated carbocycles. The van der Waals surface area contributed by atoms with Crippen molar-refractivity contribution < 1.29 is 0 Å². The Balaban J connectivity index is 2.34. The lowest BCUT2D eigenvalue weighted by Gasteiger charge is -2.35. The van der Waals surface area contributed by atoms with E-state index < -0.39 is 0 Å². The minimum absolute atomic E-state index is 0.334. The van der Waals surface area contributed by atoms with Crippen LogP contribution >= 0.6 is 0 Å². The topological polar surface area (TPSA) is 26.3 Å². The summed E-state index contributed by atoms with van der Waals surface area (Å²) in [5.41, 5.74) is 0. The summed E-state index contributed by atoms with van der Waals surface area (Å²) < 4.78 is 0. The highest BCUT2D eigenvalue weighted by atomic mass is 16.5. The summed E-state index contributed by atoms with van der Waals surface area (Å²) in [6.07, 6.45) is 3.01. The molecule has 0 spiro atoms. The van der Waals surface area contributed by atoms with Gasteiger partial charge in [0.15, 0.2) is 0 Å². The van der Waals surface area contributed by atoms with Crippen LogP contribution in [0.15, 0.2) is 0 Å². The third kappa shape index (κ3) is 2.92. The molecule has 1 saturated heterocycles. The fourth-order valence-electron chi connectivity index (χ4n) is 1.31. The van der Waals surface area contributed by atoms with Crippen LogP contribution in [-0.4, -0.2) is 18.2 Å². The van der Waals surface area contributed by atoms with E-state index in [9.17, 15) is 5.21 Å². The standard InChI is InChI=1S/C9H14NO/c1-2-3-5-9-6-4-7-10(11)8-9/h9H,2,4,6-8H2,1H3/q-1. The van der Waals surface area contributed by atoms with Gasteiger partial charge in [0.1, 0.15) is 0 Å². The van der Waals surface area contributed by atoms with Gasteiger partial charge < -0.3 is 10.3 Å². The van der Waals surface area contributed by atoms with Crippen LogP contribution in [0, 0.1) is 23.0 Å². The van der Waals surface area contributed by atoms with E-state index in [-0.39, 0.29) is 0 Å². The summed E-state index contributed by atoms with van der Waals surface area (Å²) in [6, 6.07) is 0. The van der Waals surface area contributed by atoms with Crippen molar-refractivity contribution in [2.45, 2.75) is 26.2 Å². The van der Waals surface area contributed by atoms with Crippen LogP contribution in [0.4, 0.5) is 0 Å². The lowest BCUT2D eigenvalue weighted by Crippen LogP contribution is -2.29. The van der Waals surface area contributed by atoms with Gasteiger partial charge >= 0.3 is 0 Å². The van der Waals surface area contributed by atoms with Gasteiger partial charge in [0.2, 0.25) is 0 Å². The summed E-state index contributed by atoms with van der Waals surface area (Å²) in [5, 5.41) is 12.0. The molecule has 0 aromatic rings. The predicted molar refractivity (Wildman–Crippen MR) is 45.7 cm³/mol. The summed E-state index contributed by atoms with van der Waals surface area (Å²) >= 11 is 0. The maximum Gasteiger partial charge on any atom is 0.0321 e. The van der Waals surface area contributed by atoms with Gasteiger partial charge in [-0.25, -0.2) is 0 Å². The molecule has 62 valence electrons. The summed E-state index contributed by atoms with van der Waals surface area (Å²) in [7, 11) is 0. The van der Waals surface area contributed by atoms with Crippen LogP contribution in [-0.2, 0) is 0 Å². The molecule has 2 nitrogen and oxygen atoms in total. The maximum absolute atomic E-state index is 10.9. The first-order chi connectivity index (χ1) is 5.33. The molecule has 1 unspecified atom stereocenters. The Morgan fingerprint density at radius 1 is 1.64 bits per heavy atom. The Bertz CT molecular complexity index is 168. The first-order valence-corrected chi connectivity index (χ1v) is 4.23. The number of rotatable bonds is 0. The highest BCUT2D eigenvalue weighted by molar-refractivity contribution is 5.04.